The Bertz CT molecular complexity index is 835. The first-order chi connectivity index (χ1) is 12.0. The van der Waals surface area contributed by atoms with Crippen molar-refractivity contribution in [2.45, 2.75) is 19.4 Å². The Balaban J connectivity index is 1.73. The normalized spacial score (nSPS) is 19.7. The fourth-order valence-corrected chi connectivity index (χ4v) is 3.36. The van der Waals surface area contributed by atoms with E-state index in [9.17, 15) is 9.59 Å². The van der Waals surface area contributed by atoms with Gasteiger partial charge in [-0.2, -0.15) is 5.26 Å². The van der Waals surface area contributed by atoms with E-state index >= 15 is 0 Å². The predicted octanol–water partition coefficient (Wildman–Crippen LogP) is 2.41. The number of carbonyl (C=O) groups excluding carboxylic acids is 2. The van der Waals surface area contributed by atoms with Crippen molar-refractivity contribution < 1.29 is 14.0 Å². The zero-order valence-corrected chi connectivity index (χ0v) is 14.2. The minimum atomic E-state index is -0.295. The second-order valence-electron chi connectivity index (χ2n) is 6.23. The minimum Gasteiger partial charge on any atom is -0.450 e. The third-order valence-corrected chi connectivity index (χ3v) is 4.63. The number of hydrogen-bond donors (Lipinski definition) is 1. The molecule has 0 saturated carbocycles. The van der Waals surface area contributed by atoms with Crippen molar-refractivity contribution in [3.8, 4) is 6.07 Å². The van der Waals surface area contributed by atoms with Gasteiger partial charge < -0.3 is 14.6 Å². The molecule has 128 valence electrons. The van der Waals surface area contributed by atoms with E-state index < -0.39 is 0 Å². The fourth-order valence-electron chi connectivity index (χ4n) is 3.36. The molecule has 0 radical (unpaired) electrons. The topological polar surface area (TPSA) is 86.3 Å². The zero-order chi connectivity index (χ0) is 18.0. The molecule has 0 bridgehead atoms. The van der Waals surface area contributed by atoms with E-state index in [0.29, 0.717) is 24.3 Å². The van der Waals surface area contributed by atoms with Crippen LogP contribution in [0.5, 0.6) is 0 Å². The van der Waals surface area contributed by atoms with Gasteiger partial charge in [0.25, 0.3) is 5.91 Å². The monoisotopic (exact) mass is 337 g/mol. The maximum absolute atomic E-state index is 12.4. The molecule has 1 aromatic heterocycles. The van der Waals surface area contributed by atoms with E-state index in [1.807, 2.05) is 36.4 Å². The van der Waals surface area contributed by atoms with Crippen LogP contribution in [0.3, 0.4) is 0 Å². The highest BCUT2D eigenvalue weighted by molar-refractivity contribution is 5.95. The molecule has 3 rings (SSSR count). The number of aryl methyl sites for hydroxylation is 1. The molecule has 0 spiro atoms. The van der Waals surface area contributed by atoms with E-state index in [1.54, 1.807) is 18.9 Å². The van der Waals surface area contributed by atoms with Gasteiger partial charge in [-0.05, 0) is 12.5 Å². The van der Waals surface area contributed by atoms with E-state index in [1.165, 1.54) is 6.07 Å². The summed E-state index contributed by atoms with van der Waals surface area (Å²) in [6, 6.07) is 13.1. The van der Waals surface area contributed by atoms with Crippen molar-refractivity contribution in [2.24, 2.45) is 5.92 Å². The Morgan fingerprint density at radius 1 is 1.40 bits per heavy atom. The summed E-state index contributed by atoms with van der Waals surface area (Å²) < 4.78 is 5.20. The predicted molar refractivity (Wildman–Crippen MR) is 90.6 cm³/mol. The third-order valence-electron chi connectivity index (χ3n) is 4.63. The van der Waals surface area contributed by atoms with E-state index in [4.69, 9.17) is 9.68 Å². The molecular formula is C19H19N3O3. The largest absolute Gasteiger partial charge is 0.450 e. The number of hydrogen-bond acceptors (Lipinski definition) is 4. The number of benzene rings is 1. The second kappa shape index (κ2) is 6.81. The molecule has 0 aliphatic carbocycles. The average molecular weight is 337 g/mol. The molecule has 2 heterocycles. The Morgan fingerprint density at radius 3 is 2.76 bits per heavy atom. The first-order valence-corrected chi connectivity index (χ1v) is 8.10. The van der Waals surface area contributed by atoms with Crippen molar-refractivity contribution in [1.29, 1.82) is 5.26 Å². The standard InChI is InChI=1S/C19H19N3O3/c1-12-16(9-15(10-20)25-12)19(24)21-11-14-8-17(23)22(2)18(14)13-6-4-3-5-7-13/h3-7,9,14,18H,8,11H2,1-2H3,(H,21,24)/t14-,18-/m0/s1. The lowest BCUT2D eigenvalue weighted by atomic mass is 9.93. The van der Waals surface area contributed by atoms with Gasteiger partial charge in [0, 0.05) is 32.0 Å². The van der Waals surface area contributed by atoms with Crippen LogP contribution >= 0.6 is 0 Å². The van der Waals surface area contributed by atoms with Crippen LogP contribution in [0.4, 0.5) is 0 Å². The maximum atomic E-state index is 12.4. The molecule has 6 heteroatoms. The molecule has 1 aromatic carbocycles. The highest BCUT2D eigenvalue weighted by Gasteiger charge is 2.38. The Morgan fingerprint density at radius 2 is 2.12 bits per heavy atom. The molecular weight excluding hydrogens is 318 g/mol. The highest BCUT2D eigenvalue weighted by Crippen LogP contribution is 2.36. The van der Waals surface area contributed by atoms with Crippen LogP contribution in [0.1, 0.15) is 39.9 Å². The number of furan rings is 1. The molecule has 1 saturated heterocycles. The number of carbonyl (C=O) groups is 2. The second-order valence-corrected chi connectivity index (χ2v) is 6.23. The van der Waals surface area contributed by atoms with Crippen LogP contribution in [0.25, 0.3) is 0 Å². The number of nitrogens with zero attached hydrogens (tertiary/aromatic N) is 2. The summed E-state index contributed by atoms with van der Waals surface area (Å²) in [6.07, 6.45) is 0.393. The average Bonchev–Trinajstić information content (AvgIpc) is 3.13. The van der Waals surface area contributed by atoms with Gasteiger partial charge in [0.15, 0.2) is 0 Å². The molecule has 1 fully saturated rings. The Labute approximate surface area is 146 Å². The lowest BCUT2D eigenvalue weighted by Gasteiger charge is -2.25. The van der Waals surface area contributed by atoms with Gasteiger partial charge >= 0.3 is 0 Å². The van der Waals surface area contributed by atoms with Crippen LogP contribution in [0.15, 0.2) is 40.8 Å². The Kier molecular flexibility index (Phi) is 4.57. The van der Waals surface area contributed by atoms with Crippen LogP contribution in [0, 0.1) is 24.2 Å². The molecule has 1 aliphatic heterocycles. The lowest BCUT2D eigenvalue weighted by molar-refractivity contribution is -0.127. The van der Waals surface area contributed by atoms with Gasteiger partial charge in [-0.1, -0.05) is 30.3 Å². The molecule has 1 N–H and O–H groups in total. The smallest absolute Gasteiger partial charge is 0.254 e. The summed E-state index contributed by atoms with van der Waals surface area (Å²) in [6.45, 7) is 2.02. The van der Waals surface area contributed by atoms with Gasteiger partial charge in [0.1, 0.15) is 11.8 Å². The third kappa shape index (κ3) is 3.26. The van der Waals surface area contributed by atoms with E-state index in [-0.39, 0.29) is 29.5 Å². The van der Waals surface area contributed by atoms with Gasteiger partial charge in [0.2, 0.25) is 11.7 Å². The molecule has 6 nitrogen and oxygen atoms in total. The summed E-state index contributed by atoms with van der Waals surface area (Å²) in [7, 11) is 1.79. The molecule has 2 amide bonds. The minimum absolute atomic E-state index is 0.00788. The van der Waals surface area contributed by atoms with Crippen LogP contribution < -0.4 is 5.32 Å². The van der Waals surface area contributed by atoms with Crippen LogP contribution in [-0.4, -0.2) is 30.3 Å². The number of nitrogens with one attached hydrogen (secondary N) is 1. The quantitative estimate of drug-likeness (QED) is 0.928. The lowest BCUT2D eigenvalue weighted by Crippen LogP contribution is -2.32. The SMILES string of the molecule is Cc1oc(C#N)cc1C(=O)NC[C@@H]1CC(=O)N(C)[C@H]1c1ccccc1. The van der Waals surface area contributed by atoms with Crippen molar-refractivity contribution in [1.82, 2.24) is 10.2 Å². The Hall–Kier alpha value is -3.07. The zero-order valence-electron chi connectivity index (χ0n) is 14.2. The van der Waals surface area contributed by atoms with Crippen molar-refractivity contribution in [2.75, 3.05) is 13.6 Å². The summed E-state index contributed by atoms with van der Waals surface area (Å²) in [5, 5.41) is 11.7. The van der Waals surface area contributed by atoms with Gasteiger partial charge in [-0.15, -0.1) is 0 Å². The molecule has 1 aliphatic rings. The highest BCUT2D eigenvalue weighted by atomic mass is 16.3. The fraction of sp³-hybridized carbons (Fsp3) is 0.316. The van der Waals surface area contributed by atoms with Crippen LogP contribution in [-0.2, 0) is 4.79 Å². The summed E-state index contributed by atoms with van der Waals surface area (Å²) >= 11 is 0. The first-order valence-electron chi connectivity index (χ1n) is 8.10. The number of amides is 2. The van der Waals surface area contributed by atoms with Crippen LogP contribution in [0.2, 0.25) is 0 Å². The van der Waals surface area contributed by atoms with Crippen molar-refractivity contribution >= 4 is 11.8 Å². The van der Waals surface area contributed by atoms with E-state index in [2.05, 4.69) is 5.32 Å². The van der Waals surface area contributed by atoms with Crippen molar-refractivity contribution in [3.05, 3.63) is 59.0 Å². The number of nitriles is 1. The summed E-state index contributed by atoms with van der Waals surface area (Å²) in [5.41, 5.74) is 1.41. The molecule has 25 heavy (non-hydrogen) atoms. The number of likely N-dealkylation sites (tertiary alicyclic amines) is 1. The summed E-state index contributed by atoms with van der Waals surface area (Å²) in [5.74, 6) is 0.288. The molecule has 2 atom stereocenters. The molecule has 0 unspecified atom stereocenters. The van der Waals surface area contributed by atoms with E-state index in [0.717, 1.165) is 5.56 Å². The van der Waals surface area contributed by atoms with Gasteiger partial charge in [0.05, 0.1) is 11.6 Å². The van der Waals surface area contributed by atoms with Gasteiger partial charge in [-0.25, -0.2) is 0 Å². The summed E-state index contributed by atoms with van der Waals surface area (Å²) in [4.78, 5) is 26.3. The molecule has 2 aromatic rings. The number of rotatable bonds is 4. The van der Waals surface area contributed by atoms with Gasteiger partial charge in [-0.3, -0.25) is 9.59 Å². The maximum Gasteiger partial charge on any atom is 0.254 e. The first kappa shape index (κ1) is 16.8. The van der Waals surface area contributed by atoms with Crippen molar-refractivity contribution in [3.63, 3.8) is 0 Å².